The molecular formula is C42H85BCaO11. The van der Waals surface area contributed by atoms with E-state index in [0.717, 1.165) is 38.5 Å². The van der Waals surface area contributed by atoms with Gasteiger partial charge >= 0.3 is 37.7 Å². The Bertz CT molecular complexity index is 706. The first-order valence-electron chi connectivity index (χ1n) is 22.0. The van der Waals surface area contributed by atoms with E-state index in [1.165, 1.54) is 154 Å². The van der Waals surface area contributed by atoms with E-state index < -0.39 is 45.0 Å². The van der Waals surface area contributed by atoms with Crippen molar-refractivity contribution in [2.75, 3.05) is 13.2 Å². The van der Waals surface area contributed by atoms with Gasteiger partial charge in [-0.3, -0.25) is 9.59 Å². The standard InChI is InChI=1S/2C21H42O4.BHO3.Ca/c2*1-2-3-4-5-6-7-8-9-10-11-12-13-14-15-16-17-19(23)21(25)20(24)18-22;2-1(3)4;/h2*20-22,24-25H,2-18H2,1H3;2H;/q;;-2;+2. The van der Waals surface area contributed by atoms with Gasteiger partial charge in [-0.2, -0.15) is 0 Å². The molecule has 4 unspecified atom stereocenters. The topological polar surface area (TPSA) is 222 Å². The van der Waals surface area contributed by atoms with Crippen molar-refractivity contribution >= 4 is 56.6 Å². The van der Waals surface area contributed by atoms with E-state index in [9.17, 15) is 30.0 Å². The van der Waals surface area contributed by atoms with Gasteiger partial charge in [0.25, 0.3) is 0 Å². The fourth-order valence-electron chi connectivity index (χ4n) is 6.27. The second kappa shape index (κ2) is 50.4. The third-order valence-corrected chi connectivity index (χ3v) is 9.82. The molecular weight excluding hydrogens is 731 g/mol. The Balaban J connectivity index is -0.000000423. The number of unbranched alkanes of at least 4 members (excludes halogenated alkanes) is 28. The molecule has 0 aromatic rings. The summed E-state index contributed by atoms with van der Waals surface area (Å²) in [5.74, 6) is -0.729. The molecule has 324 valence electrons. The molecule has 0 amide bonds. The minimum absolute atomic E-state index is 0. The van der Waals surface area contributed by atoms with Crippen molar-refractivity contribution in [1.82, 2.24) is 0 Å². The van der Waals surface area contributed by atoms with Crippen LogP contribution in [0, 0.1) is 0 Å². The molecule has 4 atom stereocenters. The van der Waals surface area contributed by atoms with Crippen molar-refractivity contribution < 1.29 is 55.3 Å². The van der Waals surface area contributed by atoms with Crippen LogP contribution in [0.25, 0.3) is 0 Å². The normalized spacial score (nSPS) is 13.0. The summed E-state index contributed by atoms with van der Waals surface area (Å²) < 4.78 is 0. The predicted molar refractivity (Wildman–Crippen MR) is 221 cm³/mol. The Labute approximate surface area is 366 Å². The third-order valence-electron chi connectivity index (χ3n) is 9.82. The first-order chi connectivity index (χ1) is 26.0. The van der Waals surface area contributed by atoms with Crippen LogP contribution in [0.15, 0.2) is 0 Å². The van der Waals surface area contributed by atoms with Gasteiger partial charge in [-0.05, 0) is 12.8 Å². The van der Waals surface area contributed by atoms with Crippen molar-refractivity contribution in [3.05, 3.63) is 0 Å². The number of Topliss-reactive ketones (excluding diaryl/α,β-unsaturated/α-hetero) is 2. The Morgan fingerprint density at radius 1 is 0.418 bits per heavy atom. The van der Waals surface area contributed by atoms with Crippen molar-refractivity contribution in [3.63, 3.8) is 0 Å². The quantitative estimate of drug-likeness (QED) is 0.0310. The average molecular weight is 817 g/mol. The zero-order valence-electron chi connectivity index (χ0n) is 35.4. The van der Waals surface area contributed by atoms with Crippen molar-refractivity contribution in [2.24, 2.45) is 0 Å². The largest absolute Gasteiger partial charge is 2.00 e. The maximum absolute atomic E-state index is 11.6. The molecule has 0 rings (SSSR count). The first-order valence-corrected chi connectivity index (χ1v) is 22.0. The summed E-state index contributed by atoms with van der Waals surface area (Å²) in [5.41, 5.74) is 0. The molecule has 11 nitrogen and oxygen atoms in total. The van der Waals surface area contributed by atoms with Gasteiger partial charge in [0.05, 0.1) is 20.5 Å². The molecule has 0 heterocycles. The van der Waals surface area contributed by atoms with E-state index in [1.54, 1.807) is 0 Å². The van der Waals surface area contributed by atoms with Crippen molar-refractivity contribution in [2.45, 2.75) is 244 Å². The minimum atomic E-state index is -2.67. The number of aliphatic hydroxyl groups is 6. The number of aliphatic hydroxyl groups excluding tert-OH is 6. The second-order valence-corrected chi connectivity index (χ2v) is 15.0. The number of ketones is 2. The molecule has 0 bridgehead atoms. The van der Waals surface area contributed by atoms with Crippen LogP contribution in [0.5, 0.6) is 0 Å². The smallest absolute Gasteiger partial charge is 0.871 e. The summed E-state index contributed by atoms with van der Waals surface area (Å²) in [7, 11) is -2.67. The van der Waals surface area contributed by atoms with Gasteiger partial charge < -0.3 is 45.7 Å². The van der Waals surface area contributed by atoms with E-state index in [2.05, 4.69) is 13.8 Å². The molecule has 7 N–H and O–H groups in total. The molecule has 55 heavy (non-hydrogen) atoms. The first kappa shape index (κ1) is 62.0. The van der Waals surface area contributed by atoms with Gasteiger partial charge in [0.1, 0.15) is 24.4 Å². The summed E-state index contributed by atoms with van der Waals surface area (Å²) in [6.45, 7) is 3.36. The SMILES string of the molecule is CCCCCCCCCCCCCCCCCC(=O)C(O)C(O)CO.CCCCCCCCCCCCCCCCCC(=O)C(O)C(O)CO.[Ca+2].[O-]B([O-])O. The van der Waals surface area contributed by atoms with E-state index in [0.29, 0.717) is 0 Å². The van der Waals surface area contributed by atoms with Gasteiger partial charge in [0, 0.05) is 12.8 Å². The van der Waals surface area contributed by atoms with Crippen LogP contribution in [0.2, 0.25) is 0 Å². The second-order valence-electron chi connectivity index (χ2n) is 15.0. The van der Waals surface area contributed by atoms with Crippen LogP contribution in [-0.4, -0.2) is 130 Å². The monoisotopic (exact) mass is 817 g/mol. The molecule has 0 aromatic carbocycles. The predicted octanol–water partition coefficient (Wildman–Crippen LogP) is 5.37. The Hall–Kier alpha value is 0.305. The summed E-state index contributed by atoms with van der Waals surface area (Å²) in [4.78, 5) is 23.1. The van der Waals surface area contributed by atoms with Gasteiger partial charge in [-0.15, -0.1) is 0 Å². The zero-order valence-corrected chi connectivity index (χ0v) is 37.6. The van der Waals surface area contributed by atoms with E-state index in [-0.39, 0.29) is 62.1 Å². The average Bonchev–Trinajstić information content (AvgIpc) is 3.16. The molecule has 0 saturated carbocycles. The van der Waals surface area contributed by atoms with Crippen LogP contribution >= 0.6 is 0 Å². The molecule has 0 aromatic heterocycles. The van der Waals surface area contributed by atoms with Crippen molar-refractivity contribution in [3.8, 4) is 0 Å². The summed E-state index contributed by atoms with van der Waals surface area (Å²) in [6.07, 6.45) is 33.2. The van der Waals surface area contributed by atoms with E-state index >= 15 is 0 Å². The van der Waals surface area contributed by atoms with Crippen LogP contribution in [0.4, 0.5) is 0 Å². The van der Waals surface area contributed by atoms with Crippen LogP contribution in [0.3, 0.4) is 0 Å². The fraction of sp³-hybridized carbons (Fsp3) is 0.952. The summed E-state index contributed by atoms with van der Waals surface area (Å²) in [5, 5.41) is 78.7. The molecule has 0 aliphatic carbocycles. The minimum Gasteiger partial charge on any atom is -0.871 e. The van der Waals surface area contributed by atoms with Gasteiger partial charge in [0.15, 0.2) is 11.6 Å². The number of hydrogen-bond acceptors (Lipinski definition) is 11. The summed E-state index contributed by atoms with van der Waals surface area (Å²) in [6, 6.07) is 0. The third kappa shape index (κ3) is 50.4. The number of rotatable bonds is 38. The molecule has 0 fully saturated rings. The molecule has 13 heteroatoms. The molecule has 0 aliphatic rings. The molecule has 0 spiro atoms. The Kier molecular flexibility index (Phi) is 56.8. The van der Waals surface area contributed by atoms with Gasteiger partial charge in [0.2, 0.25) is 0 Å². The van der Waals surface area contributed by atoms with E-state index in [1.807, 2.05) is 0 Å². The molecule has 0 radical (unpaired) electrons. The van der Waals surface area contributed by atoms with Crippen LogP contribution in [0.1, 0.15) is 219 Å². The fourth-order valence-corrected chi connectivity index (χ4v) is 6.27. The molecule has 0 saturated heterocycles. The van der Waals surface area contributed by atoms with E-state index in [4.69, 9.17) is 25.3 Å². The summed E-state index contributed by atoms with van der Waals surface area (Å²) >= 11 is 0. The Morgan fingerprint density at radius 3 is 0.745 bits per heavy atom. The van der Waals surface area contributed by atoms with Gasteiger partial charge in [-0.1, -0.05) is 194 Å². The van der Waals surface area contributed by atoms with Crippen LogP contribution in [-0.2, 0) is 9.59 Å². The maximum Gasteiger partial charge on any atom is 2.00 e. The number of carbonyl (C=O) groups excluding carboxylic acids is 2. The zero-order chi connectivity index (χ0) is 41.1. The van der Waals surface area contributed by atoms with Gasteiger partial charge in [-0.25, -0.2) is 0 Å². The number of carbonyl (C=O) groups is 2. The number of hydrogen-bond donors (Lipinski definition) is 7. The Morgan fingerprint density at radius 2 is 0.582 bits per heavy atom. The van der Waals surface area contributed by atoms with Crippen molar-refractivity contribution in [1.29, 1.82) is 0 Å². The van der Waals surface area contributed by atoms with Crippen LogP contribution < -0.4 is 10.0 Å². The molecule has 0 aliphatic heterocycles. The maximum atomic E-state index is 11.6.